The van der Waals surface area contributed by atoms with Gasteiger partial charge in [0.15, 0.2) is 5.82 Å². The van der Waals surface area contributed by atoms with Crippen molar-refractivity contribution in [1.82, 2.24) is 19.7 Å². The lowest BCUT2D eigenvalue weighted by atomic mass is 10.2. The van der Waals surface area contributed by atoms with Crippen molar-refractivity contribution in [3.8, 4) is 0 Å². The number of nitrogens with zero attached hydrogens (tertiary/aromatic N) is 4. The zero-order valence-corrected chi connectivity index (χ0v) is 15.5. The van der Waals surface area contributed by atoms with Crippen molar-refractivity contribution in [2.24, 2.45) is 0 Å². The van der Waals surface area contributed by atoms with E-state index in [-0.39, 0.29) is 25.5 Å². The molecule has 2 heterocycles. The minimum absolute atomic E-state index is 0.176. The highest BCUT2D eigenvalue weighted by Gasteiger charge is 2.33. The van der Waals surface area contributed by atoms with E-state index in [9.17, 15) is 14.4 Å². The van der Waals surface area contributed by atoms with E-state index in [0.29, 0.717) is 16.5 Å². The molecule has 8 nitrogen and oxygen atoms in total. The molecule has 0 bridgehead atoms. The first-order chi connectivity index (χ1) is 13.5. The molecule has 3 aromatic rings. The second-order valence-corrected chi connectivity index (χ2v) is 6.74. The van der Waals surface area contributed by atoms with Gasteiger partial charge in [0.1, 0.15) is 6.54 Å². The average Bonchev–Trinajstić information content (AvgIpc) is 3.17. The number of para-hydroxylation sites is 1. The molecule has 1 aliphatic rings. The Kier molecular flexibility index (Phi) is 4.70. The lowest BCUT2D eigenvalue weighted by Crippen LogP contribution is -2.37. The Morgan fingerprint density at radius 2 is 1.89 bits per heavy atom. The molecule has 0 radical (unpaired) electrons. The van der Waals surface area contributed by atoms with Crippen LogP contribution in [0.5, 0.6) is 0 Å². The lowest BCUT2D eigenvalue weighted by molar-refractivity contribution is -0.122. The minimum atomic E-state index is -0.628. The fraction of sp³-hybridized carbons (Fsp3) is 0.158. The van der Waals surface area contributed by atoms with E-state index in [0.717, 1.165) is 14.8 Å². The summed E-state index contributed by atoms with van der Waals surface area (Å²) >= 11 is 5.92. The molecule has 0 saturated carbocycles. The van der Waals surface area contributed by atoms with Crippen LogP contribution in [0.15, 0.2) is 59.4 Å². The summed E-state index contributed by atoms with van der Waals surface area (Å²) in [6.45, 7) is 0.190. The molecule has 0 fully saturated rings. The molecule has 9 heteroatoms. The first kappa shape index (κ1) is 18.0. The van der Waals surface area contributed by atoms with E-state index >= 15 is 0 Å². The van der Waals surface area contributed by atoms with Crippen LogP contribution in [-0.4, -0.2) is 26.3 Å². The zero-order valence-electron chi connectivity index (χ0n) is 14.7. The number of rotatable bonds is 5. The fourth-order valence-electron chi connectivity index (χ4n) is 3.03. The van der Waals surface area contributed by atoms with E-state index in [4.69, 9.17) is 11.6 Å². The van der Waals surface area contributed by atoms with Gasteiger partial charge in [0.05, 0.1) is 6.54 Å². The predicted octanol–water partition coefficient (Wildman–Crippen LogP) is 2.00. The third-order valence-corrected chi connectivity index (χ3v) is 4.60. The molecule has 0 aliphatic carbocycles. The van der Waals surface area contributed by atoms with Gasteiger partial charge < -0.3 is 5.32 Å². The van der Waals surface area contributed by atoms with E-state index in [1.54, 1.807) is 30.3 Å². The van der Waals surface area contributed by atoms with Gasteiger partial charge in [-0.3, -0.25) is 9.69 Å². The number of anilines is 1. The molecule has 1 aromatic heterocycles. The third-order valence-electron chi connectivity index (χ3n) is 4.37. The van der Waals surface area contributed by atoms with Crippen molar-refractivity contribution in [1.29, 1.82) is 0 Å². The molecule has 1 aliphatic heterocycles. The van der Waals surface area contributed by atoms with Gasteiger partial charge in [0.25, 0.3) is 0 Å². The van der Waals surface area contributed by atoms with Crippen molar-refractivity contribution < 1.29 is 9.59 Å². The summed E-state index contributed by atoms with van der Waals surface area (Å²) in [4.78, 5) is 38.7. The Labute approximate surface area is 164 Å². The highest BCUT2D eigenvalue weighted by atomic mass is 35.5. The Morgan fingerprint density at radius 1 is 1.11 bits per heavy atom. The number of amides is 2. The Bertz CT molecular complexity index is 1110. The summed E-state index contributed by atoms with van der Waals surface area (Å²) < 4.78 is 2.00. The SMILES string of the molecule is O=C(Cn1nc2n(c1=O)C(=O)N(c1ccccc1)C2)NCc1cccc(Cl)c1. The number of halogens is 1. The molecule has 2 amide bonds. The summed E-state index contributed by atoms with van der Waals surface area (Å²) in [5.41, 5.74) is 0.897. The number of nitrogens with one attached hydrogen (secondary N) is 1. The normalized spacial score (nSPS) is 12.9. The Balaban J connectivity index is 1.44. The second kappa shape index (κ2) is 7.32. The maximum absolute atomic E-state index is 12.6. The molecule has 142 valence electrons. The molecule has 1 N–H and O–H groups in total. The number of benzene rings is 2. The second-order valence-electron chi connectivity index (χ2n) is 6.30. The molecular weight excluding hydrogens is 382 g/mol. The van der Waals surface area contributed by atoms with Crippen LogP contribution in [0.25, 0.3) is 0 Å². The van der Waals surface area contributed by atoms with Gasteiger partial charge in [-0.15, -0.1) is 0 Å². The largest absolute Gasteiger partial charge is 0.354 e. The number of carbonyl (C=O) groups is 2. The van der Waals surface area contributed by atoms with Crippen molar-refractivity contribution >= 4 is 29.2 Å². The molecule has 0 saturated heterocycles. The van der Waals surface area contributed by atoms with Crippen LogP contribution in [0, 0.1) is 0 Å². The van der Waals surface area contributed by atoms with Crippen molar-refractivity contribution in [3.63, 3.8) is 0 Å². The minimum Gasteiger partial charge on any atom is -0.350 e. The van der Waals surface area contributed by atoms with Crippen LogP contribution in [0.1, 0.15) is 11.4 Å². The van der Waals surface area contributed by atoms with Gasteiger partial charge >= 0.3 is 11.7 Å². The standard InChI is InChI=1S/C19H16ClN5O3/c20-14-6-4-5-13(9-14)10-21-17(26)12-24-19(28)25-16(22-24)11-23(18(25)27)15-7-2-1-3-8-15/h1-9H,10-12H2,(H,21,26). The number of hydrogen-bond donors (Lipinski definition) is 1. The quantitative estimate of drug-likeness (QED) is 0.713. The first-order valence-corrected chi connectivity index (χ1v) is 8.97. The van der Waals surface area contributed by atoms with Crippen molar-refractivity contribution in [3.05, 3.63) is 81.5 Å². The van der Waals surface area contributed by atoms with Crippen LogP contribution in [-0.2, 0) is 24.4 Å². The monoisotopic (exact) mass is 397 g/mol. The van der Waals surface area contributed by atoms with Crippen molar-refractivity contribution in [2.45, 2.75) is 19.6 Å². The number of aromatic nitrogens is 3. The van der Waals surface area contributed by atoms with E-state index < -0.39 is 11.7 Å². The lowest BCUT2D eigenvalue weighted by Gasteiger charge is -2.14. The molecular formula is C19H16ClN5O3. The van der Waals surface area contributed by atoms with Gasteiger partial charge in [-0.25, -0.2) is 14.3 Å². The summed E-state index contributed by atoms with van der Waals surface area (Å²) in [7, 11) is 0. The highest BCUT2D eigenvalue weighted by molar-refractivity contribution is 6.30. The summed E-state index contributed by atoms with van der Waals surface area (Å²) in [6.07, 6.45) is 0. The number of carbonyl (C=O) groups excluding carboxylic acids is 2. The molecule has 28 heavy (non-hydrogen) atoms. The molecule has 0 atom stereocenters. The summed E-state index contributed by atoms with van der Waals surface area (Å²) in [5, 5.41) is 7.44. The Hall–Kier alpha value is -3.39. The summed E-state index contributed by atoms with van der Waals surface area (Å²) in [6, 6.07) is 15.7. The zero-order chi connectivity index (χ0) is 19.7. The average molecular weight is 398 g/mol. The first-order valence-electron chi connectivity index (χ1n) is 8.60. The maximum atomic E-state index is 12.6. The van der Waals surface area contributed by atoms with Gasteiger partial charge in [0.2, 0.25) is 5.91 Å². The van der Waals surface area contributed by atoms with E-state index in [1.165, 1.54) is 4.90 Å². The van der Waals surface area contributed by atoms with E-state index in [1.807, 2.05) is 24.3 Å². The van der Waals surface area contributed by atoms with Crippen LogP contribution < -0.4 is 15.9 Å². The van der Waals surface area contributed by atoms with Crippen LogP contribution in [0.4, 0.5) is 10.5 Å². The van der Waals surface area contributed by atoms with Crippen LogP contribution in [0.2, 0.25) is 5.02 Å². The molecule has 2 aromatic carbocycles. The molecule has 4 rings (SSSR count). The van der Waals surface area contributed by atoms with Gasteiger partial charge in [0, 0.05) is 17.3 Å². The van der Waals surface area contributed by atoms with Gasteiger partial charge in [-0.05, 0) is 29.8 Å². The summed E-state index contributed by atoms with van der Waals surface area (Å²) in [5.74, 6) is -0.0762. The molecule has 0 spiro atoms. The number of fused-ring (bicyclic) bond motifs is 1. The van der Waals surface area contributed by atoms with Gasteiger partial charge in [-0.2, -0.15) is 9.67 Å². The smallest absolute Gasteiger partial charge is 0.350 e. The molecule has 0 unspecified atom stereocenters. The third kappa shape index (κ3) is 3.41. The topological polar surface area (TPSA) is 89.2 Å². The van der Waals surface area contributed by atoms with Crippen LogP contribution >= 0.6 is 11.6 Å². The van der Waals surface area contributed by atoms with Gasteiger partial charge in [-0.1, -0.05) is 41.9 Å². The predicted molar refractivity (Wildman–Crippen MR) is 103 cm³/mol. The fourth-order valence-corrected chi connectivity index (χ4v) is 3.24. The van der Waals surface area contributed by atoms with E-state index in [2.05, 4.69) is 10.4 Å². The number of hydrogen-bond acceptors (Lipinski definition) is 4. The highest BCUT2D eigenvalue weighted by Crippen LogP contribution is 2.21. The maximum Gasteiger partial charge on any atom is 0.354 e. The Morgan fingerprint density at radius 3 is 2.61 bits per heavy atom. The van der Waals surface area contributed by atoms with Crippen molar-refractivity contribution in [2.75, 3.05) is 4.90 Å². The van der Waals surface area contributed by atoms with Crippen LogP contribution in [0.3, 0.4) is 0 Å².